The molecule has 10 nitrogen and oxygen atoms in total. The van der Waals surface area contributed by atoms with Crippen LogP contribution in [0.5, 0.6) is 5.75 Å². The Balaban J connectivity index is 1.55. The summed E-state index contributed by atoms with van der Waals surface area (Å²) in [5.74, 6) is 0.376. The molecule has 6 rings (SSSR count). The molecule has 3 heterocycles. The first-order valence-corrected chi connectivity index (χ1v) is 23.7. The first-order valence-electron chi connectivity index (χ1n) is 20.5. The number of alkyl carbamates (subject to hydrolysis) is 1. The molecular formula is C44H63IN4O6Si. The number of rotatable bonds is 7. The lowest BCUT2D eigenvalue weighted by atomic mass is 9.86. The van der Waals surface area contributed by atoms with Crippen LogP contribution >= 0.6 is 22.6 Å². The zero-order valence-corrected chi connectivity index (χ0v) is 38.6. The fraction of sp³-hybridized carbons (Fsp3) is 0.614. The van der Waals surface area contributed by atoms with Gasteiger partial charge in [-0.15, -0.1) is 0 Å². The van der Waals surface area contributed by atoms with Gasteiger partial charge in [-0.3, -0.25) is 14.6 Å². The Morgan fingerprint density at radius 1 is 1.04 bits per heavy atom. The molecule has 0 radical (unpaired) electrons. The zero-order chi connectivity index (χ0) is 41.1. The van der Waals surface area contributed by atoms with Gasteiger partial charge in [0.15, 0.2) is 0 Å². The average molecular weight is 899 g/mol. The largest absolute Gasteiger partial charge is 0.543 e. The van der Waals surface area contributed by atoms with E-state index in [-0.39, 0.29) is 42.2 Å². The van der Waals surface area contributed by atoms with Crippen LogP contribution in [0.25, 0.3) is 22.0 Å². The molecule has 306 valence electrons. The summed E-state index contributed by atoms with van der Waals surface area (Å²) < 4.78 is 22.6. The summed E-state index contributed by atoms with van der Waals surface area (Å²) in [7, 11) is -2.38. The molecule has 0 spiro atoms. The number of cyclic esters (lactones) is 1. The lowest BCUT2D eigenvalue weighted by Crippen LogP contribution is -2.61. The molecule has 1 aliphatic carbocycles. The second-order valence-corrected chi connectivity index (χ2v) is 25.5. The standard InChI is InChI=1S/C44H63IN4O6Si/c1-13-48-37-15-14-29-20-34(37)35(39(48)45)22-44(11,12)24-53-41(51)38-33-21-31(33)23-49(47-38)40(50)36(46-42(52)54-43(8,9)10)18-28-16-30(29)19-32(17-28)55-56(25(2)3,26(4)5)27(6)7/h14-17,19-20,25-27,31,33,36,38,47H,13,18,21-24H2,1-12H3,(H,46,52)/t31?,33?,36-,38-/m0/s1. The van der Waals surface area contributed by atoms with Gasteiger partial charge in [0, 0.05) is 35.8 Å². The van der Waals surface area contributed by atoms with Crippen molar-refractivity contribution in [2.75, 3.05) is 13.2 Å². The Morgan fingerprint density at radius 3 is 2.34 bits per heavy atom. The lowest BCUT2D eigenvalue weighted by molar-refractivity contribution is -0.155. The van der Waals surface area contributed by atoms with Gasteiger partial charge in [0.05, 0.1) is 10.3 Å². The van der Waals surface area contributed by atoms with E-state index in [1.807, 2.05) is 0 Å². The highest BCUT2D eigenvalue weighted by Crippen LogP contribution is 2.46. The van der Waals surface area contributed by atoms with Gasteiger partial charge in [0.1, 0.15) is 23.4 Å². The molecule has 3 aromatic rings. The van der Waals surface area contributed by atoms with E-state index in [0.717, 1.165) is 47.3 Å². The number of amides is 2. The van der Waals surface area contributed by atoms with Gasteiger partial charge < -0.3 is 23.8 Å². The number of halogens is 1. The molecular weight excluding hydrogens is 835 g/mol. The normalized spacial score (nSPS) is 22.9. The maximum atomic E-state index is 14.6. The number of fused-ring (bicyclic) bond motifs is 8. The lowest BCUT2D eigenvalue weighted by Gasteiger charge is -2.42. The predicted molar refractivity (Wildman–Crippen MR) is 233 cm³/mol. The van der Waals surface area contributed by atoms with Gasteiger partial charge in [0.2, 0.25) is 0 Å². The molecule has 2 aromatic carbocycles. The number of ether oxygens (including phenoxy) is 2. The third kappa shape index (κ3) is 8.67. The van der Waals surface area contributed by atoms with Crippen molar-refractivity contribution < 1.29 is 28.3 Å². The number of esters is 1. The molecule has 6 bridgehead atoms. The minimum absolute atomic E-state index is 0.100. The molecule has 4 atom stereocenters. The molecule has 1 saturated carbocycles. The number of carbonyl (C=O) groups is 3. The molecule has 56 heavy (non-hydrogen) atoms. The van der Waals surface area contributed by atoms with E-state index in [4.69, 9.17) is 13.9 Å². The molecule has 2 N–H and O–H groups in total. The van der Waals surface area contributed by atoms with Crippen molar-refractivity contribution in [1.82, 2.24) is 20.3 Å². The van der Waals surface area contributed by atoms with Crippen molar-refractivity contribution in [2.45, 2.75) is 143 Å². The average Bonchev–Trinajstić information content (AvgIpc) is 3.84. The quantitative estimate of drug-likeness (QED) is 0.138. The van der Waals surface area contributed by atoms with Crippen LogP contribution in [0.15, 0.2) is 36.4 Å². The first-order chi connectivity index (χ1) is 26.1. The van der Waals surface area contributed by atoms with Crippen molar-refractivity contribution in [3.63, 3.8) is 0 Å². The van der Waals surface area contributed by atoms with E-state index in [9.17, 15) is 14.4 Å². The fourth-order valence-corrected chi connectivity index (χ4v) is 15.7. The van der Waals surface area contributed by atoms with Crippen molar-refractivity contribution >= 4 is 59.8 Å². The molecule has 2 fully saturated rings. The van der Waals surface area contributed by atoms with Crippen molar-refractivity contribution in [3.8, 4) is 16.9 Å². The molecule has 2 unspecified atom stereocenters. The number of hydrogen-bond acceptors (Lipinski definition) is 7. The van der Waals surface area contributed by atoms with Crippen LogP contribution < -0.4 is 15.2 Å². The van der Waals surface area contributed by atoms with E-state index in [1.54, 1.807) is 20.8 Å². The van der Waals surface area contributed by atoms with Gasteiger partial charge in [-0.25, -0.2) is 10.2 Å². The number of aryl methyl sites for hydroxylation is 1. The van der Waals surface area contributed by atoms with Crippen LogP contribution in [0.4, 0.5) is 4.79 Å². The highest BCUT2D eigenvalue weighted by molar-refractivity contribution is 14.1. The summed E-state index contributed by atoms with van der Waals surface area (Å²) in [6, 6.07) is 11.4. The maximum absolute atomic E-state index is 14.6. The SMILES string of the molecule is CCn1c(I)c2c3cc(ccc31)-c1cc(cc(O[Si](C(C)C)(C(C)C)C(C)C)c1)C[C@H](NC(=O)OC(C)(C)C)C(=O)N1CC3CC3[C@H](N1)C(=O)OCC(C)(C)C2. The van der Waals surface area contributed by atoms with Gasteiger partial charge in [0.25, 0.3) is 14.2 Å². The third-order valence-electron chi connectivity index (χ3n) is 12.0. The summed E-state index contributed by atoms with van der Waals surface area (Å²) in [6.07, 6.45) is 1.06. The van der Waals surface area contributed by atoms with Crippen LogP contribution in [0.1, 0.15) is 101 Å². The highest BCUT2D eigenvalue weighted by Gasteiger charge is 2.53. The second-order valence-electron chi connectivity index (χ2n) is 19.1. The van der Waals surface area contributed by atoms with Gasteiger partial charge in [-0.05, 0) is 138 Å². The molecule has 1 aromatic heterocycles. The van der Waals surface area contributed by atoms with Crippen LogP contribution in [0.3, 0.4) is 0 Å². The predicted octanol–water partition coefficient (Wildman–Crippen LogP) is 9.40. The van der Waals surface area contributed by atoms with E-state index in [2.05, 4.69) is 137 Å². The summed E-state index contributed by atoms with van der Waals surface area (Å²) in [5, 5.41) is 5.62. The maximum Gasteiger partial charge on any atom is 0.408 e. The number of hydrogen-bond donors (Lipinski definition) is 2. The van der Waals surface area contributed by atoms with Gasteiger partial charge >= 0.3 is 12.1 Å². The van der Waals surface area contributed by atoms with Crippen molar-refractivity contribution in [3.05, 3.63) is 51.2 Å². The second kappa shape index (κ2) is 15.9. The Labute approximate surface area is 348 Å². The Morgan fingerprint density at radius 2 is 1.71 bits per heavy atom. The van der Waals surface area contributed by atoms with Crippen molar-refractivity contribution in [2.24, 2.45) is 17.3 Å². The van der Waals surface area contributed by atoms with Crippen LogP contribution in [-0.4, -0.2) is 66.7 Å². The Kier molecular flexibility index (Phi) is 12.1. The summed E-state index contributed by atoms with van der Waals surface area (Å²) >= 11 is 2.47. The number of carbonyl (C=O) groups excluding carboxylic acids is 3. The number of nitrogens with zero attached hydrogens (tertiary/aromatic N) is 2. The third-order valence-corrected chi connectivity index (χ3v) is 19.3. The van der Waals surface area contributed by atoms with E-state index >= 15 is 0 Å². The Bertz CT molecular complexity index is 1960. The number of benzene rings is 2. The molecule has 2 aliphatic heterocycles. The zero-order valence-electron chi connectivity index (χ0n) is 35.5. The molecule has 3 aliphatic rings. The number of hydrazine groups is 1. The van der Waals surface area contributed by atoms with Gasteiger partial charge in [-0.1, -0.05) is 67.5 Å². The van der Waals surface area contributed by atoms with Crippen LogP contribution in [-0.2, 0) is 38.4 Å². The smallest absolute Gasteiger partial charge is 0.408 e. The number of aromatic nitrogens is 1. The Hall–Kier alpha value is -3.10. The molecule has 12 heteroatoms. The molecule has 1 saturated heterocycles. The van der Waals surface area contributed by atoms with Crippen LogP contribution in [0.2, 0.25) is 16.6 Å². The topological polar surface area (TPSA) is 111 Å². The summed E-state index contributed by atoms with van der Waals surface area (Å²) in [4.78, 5) is 41.8. The van der Waals surface area contributed by atoms with E-state index in [1.165, 1.54) is 19.7 Å². The summed E-state index contributed by atoms with van der Waals surface area (Å²) in [5.41, 5.74) is 8.45. The van der Waals surface area contributed by atoms with Crippen LogP contribution in [0, 0.1) is 21.0 Å². The van der Waals surface area contributed by atoms with E-state index < -0.39 is 32.1 Å². The molecule has 2 amide bonds. The first kappa shape index (κ1) is 42.5. The minimum Gasteiger partial charge on any atom is -0.543 e. The highest BCUT2D eigenvalue weighted by atomic mass is 127. The van der Waals surface area contributed by atoms with E-state index in [0.29, 0.717) is 23.2 Å². The number of nitrogens with one attached hydrogen (secondary N) is 2. The fourth-order valence-electron chi connectivity index (χ4n) is 9.39. The monoisotopic (exact) mass is 898 g/mol. The minimum atomic E-state index is -2.38. The van der Waals surface area contributed by atoms with Crippen molar-refractivity contribution in [1.29, 1.82) is 0 Å². The summed E-state index contributed by atoms with van der Waals surface area (Å²) in [6.45, 7) is 27.0. The van der Waals surface area contributed by atoms with Gasteiger partial charge in [-0.2, -0.15) is 0 Å².